The Morgan fingerprint density at radius 1 is 1.40 bits per heavy atom. The summed E-state index contributed by atoms with van der Waals surface area (Å²) in [7, 11) is 0. The van der Waals surface area contributed by atoms with Gasteiger partial charge < -0.3 is 5.32 Å². The van der Waals surface area contributed by atoms with Gasteiger partial charge in [0.15, 0.2) is 0 Å². The predicted octanol–water partition coefficient (Wildman–Crippen LogP) is 3.94. The Balaban J connectivity index is 2.07. The third-order valence-corrected chi connectivity index (χ3v) is 3.32. The smallest absolute Gasteiger partial charge is 0.313 e. The number of hydrogen-bond donors (Lipinski definition) is 1. The average Bonchev–Trinajstić information content (AvgIpc) is 2.49. The van der Waals surface area contributed by atoms with E-state index in [-0.39, 0.29) is 6.42 Å². The molecule has 0 atom stereocenters. The maximum absolute atomic E-state index is 11.8. The van der Waals surface area contributed by atoms with Crippen LogP contribution in [0.4, 0.5) is 13.2 Å². The average molecular weight is 302 g/mol. The SMILES string of the molecule is FC(F)(F)CCCNCc1csc(Br)c1. The standard InChI is InChI=1S/C9H11BrF3NS/c10-8-4-7(6-15-8)5-14-3-1-2-9(11,12)13/h4,6,14H,1-3,5H2. The van der Waals surface area contributed by atoms with Crippen LogP contribution in [0.15, 0.2) is 15.2 Å². The second-order valence-corrected chi connectivity index (χ2v) is 5.45. The van der Waals surface area contributed by atoms with E-state index in [1.807, 2.05) is 11.4 Å². The summed E-state index contributed by atoms with van der Waals surface area (Å²) in [5.41, 5.74) is 1.10. The lowest BCUT2D eigenvalue weighted by atomic mass is 10.3. The number of rotatable bonds is 5. The van der Waals surface area contributed by atoms with E-state index in [4.69, 9.17) is 0 Å². The zero-order chi connectivity index (χ0) is 11.3. The van der Waals surface area contributed by atoms with Gasteiger partial charge in [0, 0.05) is 13.0 Å². The predicted molar refractivity (Wildman–Crippen MR) is 59.0 cm³/mol. The maximum atomic E-state index is 11.8. The van der Waals surface area contributed by atoms with E-state index in [0.717, 1.165) is 9.35 Å². The van der Waals surface area contributed by atoms with Crippen LogP contribution in [-0.4, -0.2) is 12.7 Å². The van der Waals surface area contributed by atoms with Crippen molar-refractivity contribution in [3.05, 3.63) is 20.8 Å². The monoisotopic (exact) mass is 301 g/mol. The molecule has 1 heterocycles. The Bertz CT molecular complexity index is 298. The number of halogens is 4. The van der Waals surface area contributed by atoms with Gasteiger partial charge in [-0.1, -0.05) is 0 Å². The van der Waals surface area contributed by atoms with Crippen molar-refractivity contribution in [1.82, 2.24) is 5.32 Å². The lowest BCUT2D eigenvalue weighted by Gasteiger charge is -2.06. The highest BCUT2D eigenvalue weighted by Gasteiger charge is 2.25. The van der Waals surface area contributed by atoms with Crippen molar-refractivity contribution in [2.75, 3.05) is 6.54 Å². The minimum absolute atomic E-state index is 0.134. The molecule has 6 heteroatoms. The normalized spacial score (nSPS) is 12.0. The van der Waals surface area contributed by atoms with Crippen molar-refractivity contribution < 1.29 is 13.2 Å². The molecule has 0 saturated carbocycles. The minimum atomic E-state index is -4.03. The largest absolute Gasteiger partial charge is 0.389 e. The number of alkyl halides is 3. The molecule has 0 aromatic carbocycles. The molecular formula is C9H11BrF3NS. The van der Waals surface area contributed by atoms with E-state index in [2.05, 4.69) is 21.2 Å². The van der Waals surface area contributed by atoms with Gasteiger partial charge in [-0.15, -0.1) is 11.3 Å². The summed E-state index contributed by atoms with van der Waals surface area (Å²) in [6.45, 7) is 1.02. The molecule has 1 N–H and O–H groups in total. The van der Waals surface area contributed by atoms with Gasteiger partial charge in [-0.05, 0) is 45.9 Å². The van der Waals surface area contributed by atoms with E-state index in [1.54, 1.807) is 11.3 Å². The van der Waals surface area contributed by atoms with Gasteiger partial charge in [0.25, 0.3) is 0 Å². The second kappa shape index (κ2) is 5.86. The molecule has 0 saturated heterocycles. The van der Waals surface area contributed by atoms with Gasteiger partial charge in [0.05, 0.1) is 3.79 Å². The van der Waals surface area contributed by atoms with Crippen LogP contribution in [-0.2, 0) is 6.54 Å². The molecule has 1 rings (SSSR count). The zero-order valence-corrected chi connectivity index (χ0v) is 10.3. The lowest BCUT2D eigenvalue weighted by Crippen LogP contribution is -2.17. The fourth-order valence-electron chi connectivity index (χ4n) is 1.09. The van der Waals surface area contributed by atoms with Gasteiger partial charge in [-0.25, -0.2) is 0 Å². The Hall–Kier alpha value is -0.0700. The van der Waals surface area contributed by atoms with Gasteiger partial charge in [-0.3, -0.25) is 0 Å². The van der Waals surface area contributed by atoms with Crippen LogP contribution in [0.25, 0.3) is 0 Å². The molecule has 0 aliphatic heterocycles. The van der Waals surface area contributed by atoms with Crippen molar-refractivity contribution in [2.24, 2.45) is 0 Å². The molecule has 0 aliphatic rings. The molecule has 0 unspecified atom stereocenters. The van der Waals surface area contributed by atoms with Crippen LogP contribution >= 0.6 is 27.3 Å². The highest BCUT2D eigenvalue weighted by molar-refractivity contribution is 9.11. The summed E-state index contributed by atoms with van der Waals surface area (Å²) in [6, 6.07) is 1.96. The van der Waals surface area contributed by atoms with Crippen LogP contribution < -0.4 is 5.32 Å². The highest BCUT2D eigenvalue weighted by atomic mass is 79.9. The molecule has 1 aromatic heterocycles. The van der Waals surface area contributed by atoms with E-state index < -0.39 is 12.6 Å². The fraction of sp³-hybridized carbons (Fsp3) is 0.556. The number of hydrogen-bond acceptors (Lipinski definition) is 2. The molecule has 0 aliphatic carbocycles. The summed E-state index contributed by atoms with van der Waals surface area (Å²) >= 11 is 4.89. The second-order valence-electron chi connectivity index (χ2n) is 3.15. The third-order valence-electron chi connectivity index (χ3n) is 1.76. The van der Waals surface area contributed by atoms with Crippen LogP contribution in [0.5, 0.6) is 0 Å². The van der Waals surface area contributed by atoms with Crippen LogP contribution in [0.1, 0.15) is 18.4 Å². The van der Waals surface area contributed by atoms with Crippen LogP contribution in [0.3, 0.4) is 0 Å². The first-order valence-corrected chi connectivity index (χ1v) is 6.15. The van der Waals surface area contributed by atoms with E-state index in [1.165, 1.54) is 0 Å². The van der Waals surface area contributed by atoms with Crippen molar-refractivity contribution in [3.63, 3.8) is 0 Å². The Morgan fingerprint density at radius 2 is 2.13 bits per heavy atom. The van der Waals surface area contributed by atoms with Gasteiger partial charge in [-0.2, -0.15) is 13.2 Å². The van der Waals surface area contributed by atoms with Crippen molar-refractivity contribution in [3.8, 4) is 0 Å². The molecule has 86 valence electrons. The first-order chi connectivity index (χ1) is 6.97. The quantitative estimate of drug-likeness (QED) is 0.812. The fourth-order valence-corrected chi connectivity index (χ4v) is 2.29. The molecule has 0 fully saturated rings. The van der Waals surface area contributed by atoms with Crippen molar-refractivity contribution >= 4 is 27.3 Å². The molecule has 15 heavy (non-hydrogen) atoms. The molecule has 0 amide bonds. The minimum Gasteiger partial charge on any atom is -0.313 e. The first kappa shape index (κ1) is 13.0. The lowest BCUT2D eigenvalue weighted by molar-refractivity contribution is -0.135. The topological polar surface area (TPSA) is 12.0 Å². The summed E-state index contributed by atoms with van der Waals surface area (Å²) in [5, 5.41) is 4.95. The maximum Gasteiger partial charge on any atom is 0.389 e. The molecule has 0 radical (unpaired) electrons. The zero-order valence-electron chi connectivity index (χ0n) is 7.90. The highest BCUT2D eigenvalue weighted by Crippen LogP contribution is 2.21. The Kier molecular flexibility index (Phi) is 5.08. The van der Waals surface area contributed by atoms with Crippen LogP contribution in [0.2, 0.25) is 0 Å². The molecule has 1 nitrogen and oxygen atoms in total. The van der Waals surface area contributed by atoms with Crippen molar-refractivity contribution in [1.29, 1.82) is 0 Å². The van der Waals surface area contributed by atoms with E-state index in [0.29, 0.717) is 13.1 Å². The number of nitrogens with one attached hydrogen (secondary N) is 1. The summed E-state index contributed by atoms with van der Waals surface area (Å²) in [4.78, 5) is 0. The molecule has 0 spiro atoms. The van der Waals surface area contributed by atoms with E-state index >= 15 is 0 Å². The molecule has 1 aromatic rings. The van der Waals surface area contributed by atoms with E-state index in [9.17, 15) is 13.2 Å². The summed E-state index contributed by atoms with van der Waals surface area (Å²) in [5.74, 6) is 0. The van der Waals surface area contributed by atoms with Gasteiger partial charge in [0.1, 0.15) is 0 Å². The first-order valence-electron chi connectivity index (χ1n) is 4.48. The van der Waals surface area contributed by atoms with Crippen LogP contribution in [0, 0.1) is 0 Å². The summed E-state index contributed by atoms with van der Waals surface area (Å²) in [6.07, 6.45) is -4.62. The third kappa shape index (κ3) is 6.17. The summed E-state index contributed by atoms with van der Waals surface area (Å²) < 4.78 is 36.4. The Labute approximate surface area is 98.8 Å². The van der Waals surface area contributed by atoms with Crippen molar-refractivity contribution in [2.45, 2.75) is 25.6 Å². The van der Waals surface area contributed by atoms with Gasteiger partial charge >= 0.3 is 6.18 Å². The number of thiophene rings is 1. The molecule has 0 bridgehead atoms. The molecular weight excluding hydrogens is 291 g/mol. The van der Waals surface area contributed by atoms with Gasteiger partial charge in [0.2, 0.25) is 0 Å². The Morgan fingerprint density at radius 3 is 2.67 bits per heavy atom.